The van der Waals surface area contributed by atoms with Crippen LogP contribution < -0.4 is 4.74 Å². The van der Waals surface area contributed by atoms with Crippen molar-refractivity contribution in [3.05, 3.63) is 70.3 Å². The van der Waals surface area contributed by atoms with E-state index in [-0.39, 0.29) is 31.5 Å². The fourth-order valence-electron chi connectivity index (χ4n) is 4.43. The van der Waals surface area contributed by atoms with Gasteiger partial charge in [0, 0.05) is 11.3 Å². The van der Waals surface area contributed by atoms with E-state index < -0.39 is 29.3 Å². The van der Waals surface area contributed by atoms with Gasteiger partial charge in [-0.1, -0.05) is 50.3 Å². The maximum Gasteiger partial charge on any atom is 0.430 e. The zero-order valence-corrected chi connectivity index (χ0v) is 21.7. The molecule has 38 heavy (non-hydrogen) atoms. The minimum absolute atomic E-state index is 0.115. The first-order valence-electron chi connectivity index (χ1n) is 12.2. The minimum atomic E-state index is -5.93. The summed E-state index contributed by atoms with van der Waals surface area (Å²) in [7, 11) is 0. The molecular formula is C28H34F6O4. The predicted octanol–water partition coefficient (Wildman–Crippen LogP) is 6.26. The molecule has 0 fully saturated rings. The van der Waals surface area contributed by atoms with Crippen LogP contribution in [0.25, 0.3) is 6.08 Å². The van der Waals surface area contributed by atoms with Crippen molar-refractivity contribution in [3.63, 3.8) is 0 Å². The third-order valence-electron chi connectivity index (χ3n) is 7.12. The Balaban J connectivity index is 2.45. The normalized spacial score (nSPS) is 13.5. The van der Waals surface area contributed by atoms with E-state index in [9.17, 15) is 41.7 Å². The van der Waals surface area contributed by atoms with E-state index >= 15 is 0 Å². The first kappa shape index (κ1) is 31.7. The minimum Gasteiger partial charge on any atom is -0.493 e. The summed E-state index contributed by atoms with van der Waals surface area (Å²) >= 11 is 0. The van der Waals surface area contributed by atoms with Crippen molar-refractivity contribution in [2.24, 2.45) is 5.92 Å². The standard InChI is InChI=1S/C28H34F6O4/c1-5-25(6-2,23-9-10-24(19(4)14-23)38-17-20(15-35)16-36)22-8-7-21(18(3)13-22)11-12-26(37,27(29,30)31)28(32,33)34/h7-14,20,35-37H,5-6,15-17H2,1-4H3/b12-11+. The van der Waals surface area contributed by atoms with Crippen LogP contribution in [0.1, 0.15) is 54.5 Å². The molecule has 0 bridgehead atoms. The van der Waals surface area contributed by atoms with Crippen molar-refractivity contribution in [1.82, 2.24) is 0 Å². The SMILES string of the molecule is CCC(CC)(c1ccc(/C=C/C(O)(C(F)(F)F)C(F)(F)F)c(C)c1)c1ccc(OCC(CO)CO)c(C)c1. The number of rotatable bonds is 11. The molecule has 0 aliphatic rings. The van der Waals surface area contributed by atoms with Gasteiger partial charge in [0.15, 0.2) is 0 Å². The van der Waals surface area contributed by atoms with Crippen molar-refractivity contribution in [1.29, 1.82) is 0 Å². The first-order chi connectivity index (χ1) is 17.6. The Bertz CT molecular complexity index is 1090. The van der Waals surface area contributed by atoms with Crippen LogP contribution in [0, 0.1) is 19.8 Å². The van der Waals surface area contributed by atoms with Gasteiger partial charge in [0.05, 0.1) is 19.8 Å². The lowest BCUT2D eigenvalue weighted by Gasteiger charge is -2.34. The number of aryl methyl sites for hydroxylation is 2. The van der Waals surface area contributed by atoms with Crippen LogP contribution in [0.15, 0.2) is 42.5 Å². The summed E-state index contributed by atoms with van der Waals surface area (Å²) in [6.07, 6.45) is -10.2. The molecule has 0 saturated carbocycles. The van der Waals surface area contributed by atoms with Crippen LogP contribution in [-0.2, 0) is 5.41 Å². The van der Waals surface area contributed by atoms with E-state index in [0.29, 0.717) is 30.2 Å². The molecule has 2 aromatic rings. The summed E-state index contributed by atoms with van der Waals surface area (Å²) in [4.78, 5) is 0. The molecule has 0 saturated heterocycles. The maximum atomic E-state index is 13.0. The second kappa shape index (κ2) is 12.1. The summed E-state index contributed by atoms with van der Waals surface area (Å²) in [5.41, 5.74) is -2.26. The Hall–Kier alpha value is -2.56. The molecular weight excluding hydrogens is 514 g/mol. The highest BCUT2D eigenvalue weighted by Gasteiger charge is 2.68. The molecule has 0 aliphatic carbocycles. The molecule has 0 spiro atoms. The lowest BCUT2D eigenvalue weighted by atomic mass is 9.70. The smallest absolute Gasteiger partial charge is 0.430 e. The van der Waals surface area contributed by atoms with Gasteiger partial charge in [-0.15, -0.1) is 0 Å². The molecule has 0 aromatic heterocycles. The first-order valence-corrected chi connectivity index (χ1v) is 12.2. The molecule has 10 heteroatoms. The van der Waals surface area contributed by atoms with Crippen LogP contribution in [0.3, 0.4) is 0 Å². The summed E-state index contributed by atoms with van der Waals surface area (Å²) in [5, 5.41) is 27.9. The summed E-state index contributed by atoms with van der Waals surface area (Å²) in [5.74, 6) is 0.193. The zero-order chi connectivity index (χ0) is 28.9. The molecule has 0 amide bonds. The molecule has 2 aromatic carbocycles. The molecule has 3 N–H and O–H groups in total. The van der Waals surface area contributed by atoms with Gasteiger partial charge < -0.3 is 20.1 Å². The Kier molecular flexibility index (Phi) is 10.1. The Labute approximate surface area is 218 Å². The van der Waals surface area contributed by atoms with Gasteiger partial charge in [0.2, 0.25) is 0 Å². The van der Waals surface area contributed by atoms with Crippen molar-refractivity contribution in [2.45, 2.75) is 63.9 Å². The van der Waals surface area contributed by atoms with E-state index in [1.165, 1.54) is 6.07 Å². The average Bonchev–Trinajstić information content (AvgIpc) is 2.84. The van der Waals surface area contributed by atoms with Crippen molar-refractivity contribution in [3.8, 4) is 5.75 Å². The number of hydrogen-bond donors (Lipinski definition) is 3. The highest BCUT2D eigenvalue weighted by atomic mass is 19.4. The fourth-order valence-corrected chi connectivity index (χ4v) is 4.43. The van der Waals surface area contributed by atoms with Gasteiger partial charge in [-0.3, -0.25) is 0 Å². The van der Waals surface area contributed by atoms with Crippen LogP contribution in [0.4, 0.5) is 26.3 Å². The van der Waals surface area contributed by atoms with Crippen molar-refractivity contribution < 1.29 is 46.4 Å². The number of hydrogen-bond acceptors (Lipinski definition) is 4. The Morgan fingerprint density at radius 1 is 0.816 bits per heavy atom. The third-order valence-corrected chi connectivity index (χ3v) is 7.12. The third kappa shape index (κ3) is 6.35. The number of benzene rings is 2. The molecule has 0 atom stereocenters. The van der Waals surface area contributed by atoms with Crippen LogP contribution in [0.2, 0.25) is 0 Å². The van der Waals surface area contributed by atoms with E-state index in [1.807, 2.05) is 32.9 Å². The molecule has 2 rings (SSSR count). The van der Waals surface area contributed by atoms with Crippen LogP contribution >= 0.6 is 0 Å². The van der Waals surface area contributed by atoms with Gasteiger partial charge in [0.25, 0.3) is 5.60 Å². The second-order valence-corrected chi connectivity index (χ2v) is 9.48. The van der Waals surface area contributed by atoms with E-state index in [4.69, 9.17) is 4.74 Å². The van der Waals surface area contributed by atoms with Crippen LogP contribution in [0.5, 0.6) is 5.75 Å². The predicted molar refractivity (Wildman–Crippen MR) is 133 cm³/mol. The van der Waals surface area contributed by atoms with Gasteiger partial charge in [-0.05, 0) is 66.6 Å². The van der Waals surface area contributed by atoms with E-state index in [1.54, 1.807) is 25.1 Å². The maximum absolute atomic E-state index is 13.0. The number of ether oxygens (including phenoxy) is 1. The average molecular weight is 549 g/mol. The van der Waals surface area contributed by atoms with Gasteiger partial charge >= 0.3 is 12.4 Å². The number of aliphatic hydroxyl groups excluding tert-OH is 2. The number of halogens is 6. The Morgan fingerprint density at radius 3 is 1.74 bits per heavy atom. The fraction of sp³-hybridized carbons (Fsp3) is 0.500. The molecule has 0 aliphatic heterocycles. The van der Waals surface area contributed by atoms with Gasteiger partial charge in [0.1, 0.15) is 5.75 Å². The molecule has 0 heterocycles. The lowest BCUT2D eigenvalue weighted by molar-refractivity contribution is -0.347. The van der Waals surface area contributed by atoms with Gasteiger partial charge in [-0.2, -0.15) is 26.3 Å². The quantitative estimate of drug-likeness (QED) is 0.290. The van der Waals surface area contributed by atoms with E-state index in [0.717, 1.165) is 16.7 Å². The highest BCUT2D eigenvalue weighted by Crippen LogP contribution is 2.45. The van der Waals surface area contributed by atoms with Crippen molar-refractivity contribution in [2.75, 3.05) is 19.8 Å². The van der Waals surface area contributed by atoms with Crippen LogP contribution in [-0.4, -0.2) is 53.1 Å². The molecule has 212 valence electrons. The second-order valence-electron chi connectivity index (χ2n) is 9.48. The topological polar surface area (TPSA) is 69.9 Å². The molecule has 0 unspecified atom stereocenters. The van der Waals surface area contributed by atoms with E-state index in [2.05, 4.69) is 0 Å². The number of alkyl halides is 6. The summed E-state index contributed by atoms with van der Waals surface area (Å²) in [6.45, 7) is 7.16. The Morgan fingerprint density at radius 2 is 1.32 bits per heavy atom. The monoisotopic (exact) mass is 548 g/mol. The van der Waals surface area contributed by atoms with Gasteiger partial charge in [-0.25, -0.2) is 0 Å². The van der Waals surface area contributed by atoms with Crippen molar-refractivity contribution >= 4 is 6.08 Å². The number of aliphatic hydroxyl groups is 3. The molecule has 0 radical (unpaired) electrons. The highest BCUT2D eigenvalue weighted by molar-refractivity contribution is 5.57. The zero-order valence-electron chi connectivity index (χ0n) is 21.7. The summed E-state index contributed by atoms with van der Waals surface area (Å²) in [6, 6.07) is 10.5. The largest absolute Gasteiger partial charge is 0.493 e. The molecule has 4 nitrogen and oxygen atoms in total. The summed E-state index contributed by atoms with van der Waals surface area (Å²) < 4.78 is 84.0. The lowest BCUT2D eigenvalue weighted by Crippen LogP contribution is -2.55.